The minimum atomic E-state index is -0.596. The normalized spacial score (nSPS) is 18.9. The molecule has 5 rings (SSSR count). The lowest BCUT2D eigenvalue weighted by Gasteiger charge is -2.37. The Labute approximate surface area is 240 Å². The third-order valence-corrected chi connectivity index (χ3v) is 7.66. The first-order valence-corrected chi connectivity index (χ1v) is 14.1. The molecule has 0 amide bonds. The summed E-state index contributed by atoms with van der Waals surface area (Å²) in [5, 5.41) is 4.09. The van der Waals surface area contributed by atoms with Crippen molar-refractivity contribution in [3.05, 3.63) is 123 Å². The maximum absolute atomic E-state index is 14.0. The van der Waals surface area contributed by atoms with Gasteiger partial charge in [0, 0.05) is 34.0 Å². The summed E-state index contributed by atoms with van der Waals surface area (Å²) < 4.78 is 12.0. The van der Waals surface area contributed by atoms with Crippen LogP contribution >= 0.6 is 11.6 Å². The number of halogens is 1. The number of ether oxygens (including phenoxy) is 2. The van der Waals surface area contributed by atoms with Crippen molar-refractivity contribution in [1.29, 1.82) is 0 Å². The molecule has 0 bridgehead atoms. The maximum Gasteiger partial charge on any atom is 0.336 e. The molecule has 1 N–H and O–H groups in total. The highest BCUT2D eigenvalue weighted by molar-refractivity contribution is 6.30. The van der Waals surface area contributed by atoms with Crippen LogP contribution in [-0.2, 0) is 20.9 Å². The summed E-state index contributed by atoms with van der Waals surface area (Å²) >= 11 is 6.12. The van der Waals surface area contributed by atoms with Crippen LogP contribution in [0.25, 0.3) is 0 Å². The van der Waals surface area contributed by atoms with Gasteiger partial charge in [0.05, 0.1) is 18.1 Å². The number of hydrogen-bond acceptors (Lipinski definition) is 5. The number of ketones is 1. The highest BCUT2D eigenvalue weighted by Crippen LogP contribution is 2.47. The third-order valence-electron chi connectivity index (χ3n) is 7.40. The molecule has 6 heteroatoms. The summed E-state index contributed by atoms with van der Waals surface area (Å²) in [4.78, 5) is 27.5. The van der Waals surface area contributed by atoms with Crippen molar-refractivity contribution >= 4 is 23.4 Å². The standard InChI is InChI=1S/C34H34ClNO4/c1-21(2)19-40-34(38)31-22(3)36-28-17-25(24-13-15-26(35)16-14-24)18-29(37)33(28)32(31)27-11-7-8-12-30(27)39-20-23-9-5-4-6-10-23/h4-16,21,25,32,36H,17-20H2,1-3H3. The molecule has 1 heterocycles. The predicted octanol–water partition coefficient (Wildman–Crippen LogP) is 7.48. The van der Waals surface area contributed by atoms with E-state index in [0.717, 1.165) is 22.4 Å². The average Bonchev–Trinajstić information content (AvgIpc) is 2.95. The number of carbonyl (C=O) groups excluding carboxylic acids is 2. The second-order valence-electron chi connectivity index (χ2n) is 10.9. The molecule has 40 heavy (non-hydrogen) atoms. The van der Waals surface area contributed by atoms with E-state index in [4.69, 9.17) is 21.1 Å². The van der Waals surface area contributed by atoms with Crippen LogP contribution in [0.15, 0.2) is 101 Å². The van der Waals surface area contributed by atoms with Crippen LogP contribution in [0.2, 0.25) is 5.02 Å². The fourth-order valence-electron chi connectivity index (χ4n) is 5.50. The van der Waals surface area contributed by atoms with E-state index in [1.54, 1.807) is 0 Å². The van der Waals surface area contributed by atoms with E-state index in [1.165, 1.54) is 0 Å². The lowest BCUT2D eigenvalue weighted by atomic mass is 9.71. The number of dihydropyridines is 1. The number of para-hydroxylation sites is 1. The average molecular weight is 556 g/mol. The zero-order chi connectivity index (χ0) is 28.2. The molecule has 0 spiro atoms. The van der Waals surface area contributed by atoms with Gasteiger partial charge in [0.2, 0.25) is 0 Å². The maximum atomic E-state index is 14.0. The molecule has 3 aromatic rings. The summed E-state index contributed by atoms with van der Waals surface area (Å²) in [5.41, 5.74) is 5.48. The summed E-state index contributed by atoms with van der Waals surface area (Å²) in [6.07, 6.45) is 0.997. The molecule has 1 aliphatic heterocycles. The first-order valence-electron chi connectivity index (χ1n) is 13.7. The molecular weight excluding hydrogens is 522 g/mol. The van der Waals surface area contributed by atoms with Gasteiger partial charge in [-0.3, -0.25) is 4.79 Å². The van der Waals surface area contributed by atoms with Gasteiger partial charge in [-0.15, -0.1) is 0 Å². The van der Waals surface area contributed by atoms with Gasteiger partial charge < -0.3 is 14.8 Å². The molecule has 1 aliphatic carbocycles. The number of hydrogen-bond donors (Lipinski definition) is 1. The number of nitrogens with one attached hydrogen (secondary N) is 1. The van der Waals surface area contributed by atoms with Crippen molar-refractivity contribution in [2.24, 2.45) is 5.92 Å². The molecule has 206 valence electrons. The molecule has 2 aliphatic rings. The molecule has 2 unspecified atom stereocenters. The molecule has 0 radical (unpaired) electrons. The fourth-order valence-corrected chi connectivity index (χ4v) is 5.62. The van der Waals surface area contributed by atoms with Gasteiger partial charge in [-0.05, 0) is 54.5 Å². The van der Waals surface area contributed by atoms with E-state index >= 15 is 0 Å². The molecule has 3 aromatic carbocycles. The molecule has 5 nitrogen and oxygen atoms in total. The molecule has 0 saturated heterocycles. The van der Waals surface area contributed by atoms with Crippen molar-refractivity contribution in [2.45, 2.75) is 52.1 Å². The Kier molecular flexibility index (Phi) is 8.41. The number of Topliss-reactive ketones (excluding diaryl/α,β-unsaturated/α-hetero) is 1. The fraction of sp³-hybridized carbons (Fsp3) is 0.294. The van der Waals surface area contributed by atoms with Crippen molar-refractivity contribution in [1.82, 2.24) is 5.32 Å². The van der Waals surface area contributed by atoms with Gasteiger partial charge >= 0.3 is 5.97 Å². The number of benzene rings is 3. The van der Waals surface area contributed by atoms with E-state index < -0.39 is 11.9 Å². The summed E-state index contributed by atoms with van der Waals surface area (Å²) in [5.74, 6) is -0.156. The van der Waals surface area contributed by atoms with Crippen LogP contribution in [0.4, 0.5) is 0 Å². The Morgan fingerprint density at radius 2 is 1.68 bits per heavy atom. The zero-order valence-corrected chi connectivity index (χ0v) is 23.8. The smallest absolute Gasteiger partial charge is 0.336 e. The Morgan fingerprint density at radius 1 is 0.975 bits per heavy atom. The van der Waals surface area contributed by atoms with E-state index in [2.05, 4.69) is 5.32 Å². The van der Waals surface area contributed by atoms with Gasteiger partial charge in [-0.2, -0.15) is 0 Å². The molecule has 0 fully saturated rings. The summed E-state index contributed by atoms with van der Waals surface area (Å²) in [6, 6.07) is 25.3. The van der Waals surface area contributed by atoms with E-state index in [9.17, 15) is 9.59 Å². The van der Waals surface area contributed by atoms with Crippen LogP contribution in [0.5, 0.6) is 5.75 Å². The quantitative estimate of drug-likeness (QED) is 0.292. The predicted molar refractivity (Wildman–Crippen MR) is 157 cm³/mol. The van der Waals surface area contributed by atoms with Crippen LogP contribution in [-0.4, -0.2) is 18.4 Å². The van der Waals surface area contributed by atoms with Crippen LogP contribution < -0.4 is 10.1 Å². The van der Waals surface area contributed by atoms with Crippen molar-refractivity contribution in [3.63, 3.8) is 0 Å². The first kappa shape index (κ1) is 27.7. The third kappa shape index (κ3) is 6.00. The van der Waals surface area contributed by atoms with Crippen molar-refractivity contribution < 1.29 is 19.1 Å². The summed E-state index contributed by atoms with van der Waals surface area (Å²) in [6.45, 7) is 6.55. The van der Waals surface area contributed by atoms with Crippen LogP contribution in [0, 0.1) is 5.92 Å². The number of allylic oxidation sites excluding steroid dienone is 3. The summed E-state index contributed by atoms with van der Waals surface area (Å²) in [7, 11) is 0. The van der Waals surface area contributed by atoms with Gasteiger partial charge in [-0.25, -0.2) is 4.79 Å². The Balaban J connectivity index is 1.56. The van der Waals surface area contributed by atoms with E-state index in [0.29, 0.717) is 53.7 Å². The topological polar surface area (TPSA) is 64.6 Å². The van der Waals surface area contributed by atoms with E-state index in [1.807, 2.05) is 99.6 Å². The van der Waals surface area contributed by atoms with Crippen LogP contribution in [0.1, 0.15) is 62.1 Å². The highest BCUT2D eigenvalue weighted by Gasteiger charge is 2.42. The zero-order valence-electron chi connectivity index (χ0n) is 23.1. The SMILES string of the molecule is CC1=C(C(=O)OCC(C)C)C(c2ccccc2OCc2ccccc2)C2=C(CC(c3ccc(Cl)cc3)CC2=O)N1. The molecule has 2 atom stereocenters. The number of carbonyl (C=O) groups is 2. The lowest BCUT2D eigenvalue weighted by molar-refractivity contribution is -0.140. The minimum Gasteiger partial charge on any atom is -0.489 e. The van der Waals surface area contributed by atoms with Gasteiger partial charge in [0.1, 0.15) is 12.4 Å². The van der Waals surface area contributed by atoms with Gasteiger partial charge in [-0.1, -0.05) is 86.1 Å². The number of rotatable bonds is 8. The lowest BCUT2D eigenvalue weighted by Crippen LogP contribution is -2.36. The Morgan fingerprint density at radius 3 is 2.40 bits per heavy atom. The Bertz CT molecular complexity index is 1460. The molecule has 0 saturated carbocycles. The van der Waals surface area contributed by atoms with Gasteiger partial charge in [0.25, 0.3) is 0 Å². The van der Waals surface area contributed by atoms with Crippen LogP contribution in [0.3, 0.4) is 0 Å². The second kappa shape index (κ2) is 12.1. The second-order valence-corrected chi connectivity index (χ2v) is 11.3. The monoisotopic (exact) mass is 555 g/mol. The van der Waals surface area contributed by atoms with E-state index in [-0.39, 0.29) is 17.6 Å². The molecular formula is C34H34ClNO4. The van der Waals surface area contributed by atoms with Crippen molar-refractivity contribution in [3.8, 4) is 5.75 Å². The largest absolute Gasteiger partial charge is 0.489 e. The Hall–Kier alpha value is -3.83. The molecule has 0 aromatic heterocycles. The van der Waals surface area contributed by atoms with Crippen molar-refractivity contribution in [2.75, 3.05) is 6.61 Å². The minimum absolute atomic E-state index is 0.0122. The van der Waals surface area contributed by atoms with Gasteiger partial charge in [0.15, 0.2) is 5.78 Å². The number of esters is 1. The first-order chi connectivity index (χ1) is 19.3. The highest BCUT2D eigenvalue weighted by atomic mass is 35.5.